The van der Waals surface area contributed by atoms with Crippen LogP contribution in [0.1, 0.15) is 44.7 Å². The van der Waals surface area contributed by atoms with Crippen LogP contribution in [-0.2, 0) is 13.2 Å². The van der Waals surface area contributed by atoms with Crippen molar-refractivity contribution in [1.82, 2.24) is 10.2 Å². The maximum atomic E-state index is 13.0. The summed E-state index contributed by atoms with van der Waals surface area (Å²) in [4.78, 5) is 26.9. The highest BCUT2D eigenvalue weighted by Crippen LogP contribution is 2.17. The Morgan fingerprint density at radius 3 is 2.28 bits per heavy atom. The minimum Gasteiger partial charge on any atom is -0.489 e. The van der Waals surface area contributed by atoms with Gasteiger partial charge in [-0.2, -0.15) is 0 Å². The molecule has 32 heavy (non-hydrogen) atoms. The molecule has 1 N–H and O–H groups in total. The fourth-order valence-corrected chi connectivity index (χ4v) is 3.63. The summed E-state index contributed by atoms with van der Waals surface area (Å²) in [6.45, 7) is 2.29. The summed E-state index contributed by atoms with van der Waals surface area (Å²) in [5.74, 6) is 0.122. The van der Waals surface area contributed by atoms with Gasteiger partial charge in [0.2, 0.25) is 0 Å². The molecule has 0 bridgehead atoms. The topological polar surface area (TPSA) is 58.6 Å². The molecule has 0 aliphatic carbocycles. The molecule has 0 aromatic heterocycles. The quantitative estimate of drug-likeness (QED) is 0.595. The van der Waals surface area contributed by atoms with Gasteiger partial charge in [0.25, 0.3) is 11.8 Å². The number of ether oxygens (including phenoxy) is 1. The number of nitrogens with zero attached hydrogens (tertiary/aromatic N) is 1. The lowest BCUT2D eigenvalue weighted by Crippen LogP contribution is -2.27. The van der Waals surface area contributed by atoms with Crippen molar-refractivity contribution in [2.75, 3.05) is 13.1 Å². The summed E-state index contributed by atoms with van der Waals surface area (Å²) in [6, 6.07) is 20.4. The van der Waals surface area contributed by atoms with Crippen molar-refractivity contribution in [1.29, 1.82) is 0 Å². The molecule has 0 radical (unpaired) electrons. The minimum absolute atomic E-state index is 0.0653. The highest BCUT2D eigenvalue weighted by molar-refractivity contribution is 5.95. The Morgan fingerprint density at radius 1 is 0.875 bits per heavy atom. The first-order valence-electron chi connectivity index (χ1n) is 10.7. The van der Waals surface area contributed by atoms with Crippen LogP contribution in [0.2, 0.25) is 0 Å². The maximum Gasteiger partial charge on any atom is 0.253 e. The standard InChI is InChI=1S/C26H25FN2O3/c27-23-12-8-20(9-13-23)18-32-24-5-3-4-22(16-24)25(30)28-17-19-6-10-21(11-7-19)26(31)29-14-1-2-15-29/h3-13,16H,1-2,14-15,17-18H2,(H,28,30). The van der Waals surface area contributed by atoms with Gasteiger partial charge in [-0.25, -0.2) is 4.39 Å². The summed E-state index contributed by atoms with van der Waals surface area (Å²) in [5.41, 5.74) is 2.92. The van der Waals surface area contributed by atoms with Gasteiger partial charge in [-0.3, -0.25) is 9.59 Å². The molecular weight excluding hydrogens is 407 g/mol. The summed E-state index contributed by atoms with van der Waals surface area (Å²) < 4.78 is 18.7. The van der Waals surface area contributed by atoms with E-state index in [2.05, 4.69) is 5.32 Å². The van der Waals surface area contributed by atoms with Gasteiger partial charge in [-0.05, 0) is 66.4 Å². The third-order valence-electron chi connectivity index (χ3n) is 5.46. The molecule has 1 aliphatic rings. The Morgan fingerprint density at radius 2 is 1.56 bits per heavy atom. The first-order chi connectivity index (χ1) is 15.6. The van der Waals surface area contributed by atoms with E-state index in [0.717, 1.165) is 37.1 Å². The van der Waals surface area contributed by atoms with Crippen molar-refractivity contribution in [2.24, 2.45) is 0 Å². The number of benzene rings is 3. The predicted octanol–water partition coefficient (Wildman–Crippen LogP) is 4.57. The van der Waals surface area contributed by atoms with Crippen molar-refractivity contribution in [2.45, 2.75) is 26.0 Å². The van der Waals surface area contributed by atoms with Gasteiger partial charge in [0.05, 0.1) is 0 Å². The van der Waals surface area contributed by atoms with Crippen LogP contribution in [0.5, 0.6) is 5.75 Å². The highest BCUT2D eigenvalue weighted by Gasteiger charge is 2.19. The Labute approximate surface area is 186 Å². The lowest BCUT2D eigenvalue weighted by Gasteiger charge is -2.15. The van der Waals surface area contributed by atoms with E-state index in [1.165, 1.54) is 12.1 Å². The van der Waals surface area contributed by atoms with Crippen LogP contribution < -0.4 is 10.1 Å². The van der Waals surface area contributed by atoms with E-state index >= 15 is 0 Å². The SMILES string of the molecule is O=C(NCc1ccc(C(=O)N2CCCC2)cc1)c1cccc(OCc2ccc(F)cc2)c1. The molecule has 1 fully saturated rings. The van der Waals surface area contributed by atoms with Crippen molar-refractivity contribution in [3.63, 3.8) is 0 Å². The van der Waals surface area contributed by atoms with Crippen LogP contribution in [0.4, 0.5) is 4.39 Å². The first-order valence-corrected chi connectivity index (χ1v) is 10.7. The summed E-state index contributed by atoms with van der Waals surface area (Å²) >= 11 is 0. The predicted molar refractivity (Wildman–Crippen MR) is 120 cm³/mol. The first kappa shape index (κ1) is 21.6. The van der Waals surface area contributed by atoms with Crippen LogP contribution in [-0.4, -0.2) is 29.8 Å². The highest BCUT2D eigenvalue weighted by atomic mass is 19.1. The second-order valence-electron chi connectivity index (χ2n) is 7.82. The van der Waals surface area contributed by atoms with Gasteiger partial charge in [0.1, 0.15) is 18.2 Å². The number of hydrogen-bond acceptors (Lipinski definition) is 3. The number of carbonyl (C=O) groups excluding carboxylic acids is 2. The fraction of sp³-hybridized carbons (Fsp3) is 0.231. The molecule has 1 saturated heterocycles. The van der Waals surface area contributed by atoms with Gasteiger partial charge >= 0.3 is 0 Å². The van der Waals surface area contributed by atoms with Crippen molar-refractivity contribution in [3.8, 4) is 5.75 Å². The lowest BCUT2D eigenvalue weighted by atomic mass is 10.1. The van der Waals surface area contributed by atoms with Gasteiger partial charge in [-0.15, -0.1) is 0 Å². The van der Waals surface area contributed by atoms with Crippen LogP contribution in [0.15, 0.2) is 72.8 Å². The number of carbonyl (C=O) groups is 2. The average Bonchev–Trinajstić information content (AvgIpc) is 3.37. The molecule has 3 aromatic rings. The van der Waals surface area contributed by atoms with Gasteiger partial charge in [0.15, 0.2) is 0 Å². The molecule has 6 heteroatoms. The molecule has 2 amide bonds. The largest absolute Gasteiger partial charge is 0.489 e. The van der Waals surface area contributed by atoms with Crippen LogP contribution in [0.3, 0.4) is 0 Å². The van der Waals surface area contributed by atoms with Crippen molar-refractivity contribution in [3.05, 3.63) is 101 Å². The molecule has 3 aromatic carbocycles. The number of rotatable bonds is 7. The molecular formula is C26H25FN2O3. The normalized spacial score (nSPS) is 13.1. The van der Waals surface area contributed by atoms with Gasteiger partial charge < -0.3 is 15.0 Å². The summed E-state index contributed by atoms with van der Waals surface area (Å²) in [7, 11) is 0. The number of hydrogen-bond donors (Lipinski definition) is 1. The fourth-order valence-electron chi connectivity index (χ4n) is 3.63. The average molecular weight is 432 g/mol. The zero-order chi connectivity index (χ0) is 22.3. The summed E-state index contributed by atoms with van der Waals surface area (Å²) in [6.07, 6.45) is 2.13. The zero-order valence-corrected chi connectivity index (χ0v) is 17.7. The van der Waals surface area contributed by atoms with Crippen LogP contribution >= 0.6 is 0 Å². The molecule has 4 rings (SSSR count). The van der Waals surface area contributed by atoms with Crippen molar-refractivity contribution >= 4 is 11.8 Å². The Hall–Kier alpha value is -3.67. The van der Waals surface area contributed by atoms with Gasteiger partial charge in [-0.1, -0.05) is 30.3 Å². The monoisotopic (exact) mass is 432 g/mol. The number of nitrogens with one attached hydrogen (secondary N) is 1. The molecule has 164 valence electrons. The lowest BCUT2D eigenvalue weighted by molar-refractivity contribution is 0.0792. The van der Waals surface area contributed by atoms with E-state index in [1.807, 2.05) is 29.2 Å². The maximum absolute atomic E-state index is 13.0. The summed E-state index contributed by atoms with van der Waals surface area (Å²) in [5, 5.41) is 2.89. The number of halogens is 1. The second-order valence-corrected chi connectivity index (χ2v) is 7.82. The van der Waals surface area contributed by atoms with Crippen LogP contribution in [0, 0.1) is 5.82 Å². The third-order valence-corrected chi connectivity index (χ3v) is 5.46. The molecule has 0 spiro atoms. The van der Waals surface area contributed by atoms with E-state index in [-0.39, 0.29) is 24.2 Å². The second kappa shape index (κ2) is 10.1. The van der Waals surface area contributed by atoms with Crippen molar-refractivity contribution < 1.29 is 18.7 Å². The number of amides is 2. The Kier molecular flexibility index (Phi) is 6.80. The Balaban J connectivity index is 1.30. The number of likely N-dealkylation sites (tertiary alicyclic amines) is 1. The van der Waals surface area contributed by atoms with Gasteiger partial charge in [0, 0.05) is 30.8 Å². The minimum atomic E-state index is -0.291. The van der Waals surface area contributed by atoms with E-state index < -0.39 is 0 Å². The molecule has 5 nitrogen and oxygen atoms in total. The smallest absolute Gasteiger partial charge is 0.253 e. The molecule has 0 unspecified atom stereocenters. The van der Waals surface area contributed by atoms with E-state index in [9.17, 15) is 14.0 Å². The van der Waals surface area contributed by atoms with Crippen LogP contribution in [0.25, 0.3) is 0 Å². The molecule has 1 aliphatic heterocycles. The zero-order valence-electron chi connectivity index (χ0n) is 17.7. The molecule has 1 heterocycles. The molecule has 0 atom stereocenters. The van der Waals surface area contributed by atoms with E-state index in [0.29, 0.717) is 23.4 Å². The Bertz CT molecular complexity index is 1070. The van der Waals surface area contributed by atoms with E-state index in [1.54, 1.807) is 36.4 Å². The van der Waals surface area contributed by atoms with E-state index in [4.69, 9.17) is 4.74 Å². The molecule has 0 saturated carbocycles. The third kappa shape index (κ3) is 5.52.